The molecule has 0 saturated heterocycles. The maximum absolute atomic E-state index is 12.4. The summed E-state index contributed by atoms with van der Waals surface area (Å²) >= 11 is 1.61. The van der Waals surface area contributed by atoms with Gasteiger partial charge in [0.2, 0.25) is 0 Å². The molecule has 2 rings (SSSR count). The van der Waals surface area contributed by atoms with Gasteiger partial charge in [0.05, 0.1) is 11.7 Å². The van der Waals surface area contributed by atoms with Gasteiger partial charge in [-0.05, 0) is 25.8 Å². The third-order valence-corrected chi connectivity index (χ3v) is 4.77. The highest BCUT2D eigenvalue weighted by atomic mass is 32.1. The van der Waals surface area contributed by atoms with Gasteiger partial charge in [-0.15, -0.1) is 11.3 Å². The fraction of sp³-hybridized carbons (Fsp3) is 0.600. The fourth-order valence-electron chi connectivity index (χ4n) is 2.31. The van der Waals surface area contributed by atoms with Gasteiger partial charge in [0.25, 0.3) is 5.56 Å². The number of nitrogens with zero attached hydrogens (tertiary/aromatic N) is 2. The molecular formula is C15H22N2OS. The second-order valence-corrected chi connectivity index (χ2v) is 6.32. The third kappa shape index (κ3) is 3.06. The van der Waals surface area contributed by atoms with Crippen LogP contribution in [0.3, 0.4) is 0 Å². The van der Waals surface area contributed by atoms with E-state index in [1.807, 2.05) is 6.92 Å². The van der Waals surface area contributed by atoms with Crippen molar-refractivity contribution >= 4 is 21.6 Å². The van der Waals surface area contributed by atoms with E-state index in [9.17, 15) is 4.79 Å². The Bertz CT molecular complexity index is 612. The summed E-state index contributed by atoms with van der Waals surface area (Å²) in [6.07, 6.45) is 7.77. The van der Waals surface area contributed by atoms with Crippen LogP contribution in [0.25, 0.3) is 10.2 Å². The molecule has 0 bridgehead atoms. The number of fused-ring (bicyclic) bond motifs is 1. The van der Waals surface area contributed by atoms with Crippen molar-refractivity contribution in [3.05, 3.63) is 27.1 Å². The third-order valence-electron chi connectivity index (χ3n) is 3.66. The molecule has 0 amide bonds. The molecule has 0 N–H and O–H groups in total. The van der Waals surface area contributed by atoms with Gasteiger partial charge in [-0.25, -0.2) is 4.98 Å². The Kier molecular flexibility index (Phi) is 4.75. The van der Waals surface area contributed by atoms with E-state index in [2.05, 4.69) is 18.8 Å². The van der Waals surface area contributed by atoms with Crippen LogP contribution in [-0.2, 0) is 6.54 Å². The number of aromatic nitrogens is 2. The summed E-state index contributed by atoms with van der Waals surface area (Å²) in [7, 11) is 0. The van der Waals surface area contributed by atoms with Crippen molar-refractivity contribution in [2.24, 2.45) is 0 Å². The Balaban J connectivity index is 2.14. The van der Waals surface area contributed by atoms with Crippen LogP contribution in [-0.4, -0.2) is 9.55 Å². The van der Waals surface area contributed by atoms with E-state index in [0.29, 0.717) is 0 Å². The number of hydrogen-bond acceptors (Lipinski definition) is 3. The van der Waals surface area contributed by atoms with Gasteiger partial charge >= 0.3 is 0 Å². The average Bonchev–Trinajstić information content (AvgIpc) is 2.68. The highest BCUT2D eigenvalue weighted by Crippen LogP contribution is 2.25. The summed E-state index contributed by atoms with van der Waals surface area (Å²) in [6, 6.07) is 0. The van der Waals surface area contributed by atoms with Gasteiger partial charge in [0.1, 0.15) is 4.83 Å². The zero-order valence-electron chi connectivity index (χ0n) is 12.0. The lowest BCUT2D eigenvalue weighted by atomic mass is 10.1. The summed E-state index contributed by atoms with van der Waals surface area (Å²) in [4.78, 5) is 18.9. The fourth-order valence-corrected chi connectivity index (χ4v) is 3.30. The minimum Gasteiger partial charge on any atom is -0.299 e. The first-order valence-electron chi connectivity index (χ1n) is 7.10. The molecule has 4 heteroatoms. The van der Waals surface area contributed by atoms with E-state index in [1.54, 1.807) is 22.2 Å². The Hall–Kier alpha value is -1.16. The zero-order chi connectivity index (χ0) is 13.8. The summed E-state index contributed by atoms with van der Waals surface area (Å²) in [5, 5.41) is 0.818. The molecule has 0 aliphatic carbocycles. The molecule has 0 unspecified atom stereocenters. The topological polar surface area (TPSA) is 34.9 Å². The van der Waals surface area contributed by atoms with Crippen molar-refractivity contribution in [3.63, 3.8) is 0 Å². The molecule has 19 heavy (non-hydrogen) atoms. The van der Waals surface area contributed by atoms with Crippen LogP contribution in [0.5, 0.6) is 0 Å². The first-order valence-corrected chi connectivity index (χ1v) is 7.92. The van der Waals surface area contributed by atoms with Crippen LogP contribution in [0.4, 0.5) is 0 Å². The molecule has 104 valence electrons. The first-order chi connectivity index (χ1) is 9.15. The van der Waals surface area contributed by atoms with E-state index in [1.165, 1.54) is 30.6 Å². The number of rotatable bonds is 6. The van der Waals surface area contributed by atoms with Crippen molar-refractivity contribution in [1.82, 2.24) is 9.55 Å². The van der Waals surface area contributed by atoms with Crippen LogP contribution in [0.15, 0.2) is 11.1 Å². The van der Waals surface area contributed by atoms with E-state index in [-0.39, 0.29) is 5.56 Å². The average molecular weight is 278 g/mol. The molecule has 0 fully saturated rings. The summed E-state index contributed by atoms with van der Waals surface area (Å²) in [6.45, 7) is 7.07. The van der Waals surface area contributed by atoms with E-state index < -0.39 is 0 Å². The van der Waals surface area contributed by atoms with Gasteiger partial charge in [-0.3, -0.25) is 9.36 Å². The lowest BCUT2D eigenvalue weighted by Gasteiger charge is -2.05. The zero-order valence-corrected chi connectivity index (χ0v) is 12.8. The Morgan fingerprint density at radius 1 is 1.21 bits per heavy atom. The number of aryl methyl sites for hydroxylation is 3. The minimum absolute atomic E-state index is 0.127. The van der Waals surface area contributed by atoms with Crippen LogP contribution >= 0.6 is 11.3 Å². The molecule has 2 aromatic heterocycles. The van der Waals surface area contributed by atoms with Crippen molar-refractivity contribution in [2.75, 3.05) is 0 Å². The minimum atomic E-state index is 0.127. The quantitative estimate of drug-likeness (QED) is 0.747. The molecule has 3 nitrogen and oxygen atoms in total. The second-order valence-electron chi connectivity index (χ2n) is 5.12. The standard InChI is InChI=1S/C15H22N2OS/c1-4-5-6-7-8-9-17-10-16-14-13(15(17)18)11(2)12(3)19-14/h10H,4-9H2,1-3H3. The van der Waals surface area contributed by atoms with Crippen molar-refractivity contribution in [3.8, 4) is 0 Å². The summed E-state index contributed by atoms with van der Waals surface area (Å²) in [5.74, 6) is 0. The monoisotopic (exact) mass is 278 g/mol. The van der Waals surface area contributed by atoms with E-state index in [0.717, 1.165) is 28.7 Å². The SMILES string of the molecule is CCCCCCCn1cnc2sc(C)c(C)c2c1=O. The largest absolute Gasteiger partial charge is 0.299 e. The highest BCUT2D eigenvalue weighted by molar-refractivity contribution is 7.18. The number of unbranched alkanes of at least 4 members (excludes halogenated alkanes) is 4. The molecule has 0 aliphatic rings. The van der Waals surface area contributed by atoms with Crippen molar-refractivity contribution in [1.29, 1.82) is 0 Å². The molecule has 0 saturated carbocycles. The summed E-state index contributed by atoms with van der Waals surface area (Å²) in [5.41, 5.74) is 1.22. The number of hydrogen-bond donors (Lipinski definition) is 0. The maximum atomic E-state index is 12.4. The normalized spacial score (nSPS) is 11.3. The van der Waals surface area contributed by atoms with E-state index >= 15 is 0 Å². The molecule has 0 spiro atoms. The van der Waals surface area contributed by atoms with Crippen LogP contribution in [0, 0.1) is 13.8 Å². The van der Waals surface area contributed by atoms with Gasteiger partial charge in [0.15, 0.2) is 0 Å². The Labute approximate surface area is 118 Å². The molecule has 0 aliphatic heterocycles. The molecular weight excluding hydrogens is 256 g/mol. The van der Waals surface area contributed by atoms with Gasteiger partial charge in [0, 0.05) is 11.4 Å². The lowest BCUT2D eigenvalue weighted by molar-refractivity contribution is 0.556. The molecule has 2 aromatic rings. The van der Waals surface area contributed by atoms with Gasteiger partial charge in [-0.2, -0.15) is 0 Å². The summed E-state index contributed by atoms with van der Waals surface area (Å²) < 4.78 is 1.77. The van der Waals surface area contributed by atoms with Crippen LogP contribution < -0.4 is 5.56 Å². The van der Waals surface area contributed by atoms with E-state index in [4.69, 9.17) is 0 Å². The van der Waals surface area contributed by atoms with Crippen molar-refractivity contribution in [2.45, 2.75) is 59.4 Å². The predicted molar refractivity (Wildman–Crippen MR) is 82.1 cm³/mol. The van der Waals surface area contributed by atoms with Crippen molar-refractivity contribution < 1.29 is 0 Å². The van der Waals surface area contributed by atoms with Crippen LogP contribution in [0.1, 0.15) is 49.5 Å². The lowest BCUT2D eigenvalue weighted by Crippen LogP contribution is -2.20. The van der Waals surface area contributed by atoms with Crippen LogP contribution in [0.2, 0.25) is 0 Å². The van der Waals surface area contributed by atoms with Gasteiger partial charge in [-0.1, -0.05) is 32.6 Å². The molecule has 0 radical (unpaired) electrons. The van der Waals surface area contributed by atoms with Gasteiger partial charge < -0.3 is 0 Å². The molecule has 0 atom stereocenters. The Morgan fingerprint density at radius 2 is 1.95 bits per heavy atom. The molecule has 2 heterocycles. The predicted octanol–water partition coefficient (Wildman–Crippen LogP) is 4.05. The first kappa shape index (κ1) is 14.3. The smallest absolute Gasteiger partial charge is 0.262 e. The Morgan fingerprint density at radius 3 is 2.68 bits per heavy atom. The number of thiophene rings is 1. The molecule has 0 aromatic carbocycles. The maximum Gasteiger partial charge on any atom is 0.262 e. The second kappa shape index (κ2) is 6.33. The highest BCUT2D eigenvalue weighted by Gasteiger charge is 2.11.